The van der Waals surface area contributed by atoms with Gasteiger partial charge in [-0.3, -0.25) is 0 Å². The summed E-state index contributed by atoms with van der Waals surface area (Å²) in [6.45, 7) is 0.400. The van der Waals surface area contributed by atoms with Crippen molar-refractivity contribution in [3.8, 4) is 16.9 Å². The summed E-state index contributed by atoms with van der Waals surface area (Å²) in [6, 6.07) is 19.1. The van der Waals surface area contributed by atoms with E-state index in [2.05, 4.69) is 10.1 Å². The van der Waals surface area contributed by atoms with Crippen molar-refractivity contribution in [1.29, 1.82) is 0 Å². The number of carboxylic acids is 1. The van der Waals surface area contributed by atoms with Crippen LogP contribution in [0.4, 0.5) is 18.0 Å². The van der Waals surface area contributed by atoms with Gasteiger partial charge in [-0.05, 0) is 52.4 Å². The van der Waals surface area contributed by atoms with Crippen LogP contribution < -0.4 is 10.1 Å². The van der Waals surface area contributed by atoms with E-state index in [1.165, 1.54) is 12.1 Å². The number of hydrogen-bond acceptors (Lipinski definition) is 4. The molecule has 1 amide bonds. The number of carbonyl (C=O) groups excluding carboxylic acids is 1. The first-order chi connectivity index (χ1) is 17.2. The lowest BCUT2D eigenvalue weighted by Gasteiger charge is -2.14. The maximum absolute atomic E-state index is 12.5. The Balaban J connectivity index is 1.29. The topological polar surface area (TPSA) is 84.9 Å². The van der Waals surface area contributed by atoms with Crippen molar-refractivity contribution in [1.82, 2.24) is 5.32 Å². The normalized spacial score (nSPS) is 12.8. The van der Waals surface area contributed by atoms with Gasteiger partial charge in [0.15, 0.2) is 0 Å². The molecule has 0 aliphatic heterocycles. The van der Waals surface area contributed by atoms with Crippen molar-refractivity contribution in [2.75, 3.05) is 13.2 Å². The Morgan fingerprint density at radius 1 is 0.972 bits per heavy atom. The molecule has 9 heteroatoms. The summed E-state index contributed by atoms with van der Waals surface area (Å²) < 4.78 is 46.8. The Bertz CT molecular complexity index is 1260. The van der Waals surface area contributed by atoms with Crippen LogP contribution in [0.2, 0.25) is 0 Å². The zero-order valence-electron chi connectivity index (χ0n) is 18.9. The predicted molar refractivity (Wildman–Crippen MR) is 127 cm³/mol. The number of halogens is 3. The van der Waals surface area contributed by atoms with E-state index in [0.717, 1.165) is 34.4 Å². The summed E-state index contributed by atoms with van der Waals surface area (Å²) in [5.41, 5.74) is 4.34. The van der Waals surface area contributed by atoms with Gasteiger partial charge in [0.1, 0.15) is 12.4 Å². The largest absolute Gasteiger partial charge is 0.573 e. The first-order valence-electron chi connectivity index (χ1n) is 11.1. The van der Waals surface area contributed by atoms with Gasteiger partial charge >= 0.3 is 18.4 Å². The standard InChI is InChI=1S/C27H22F3NO5/c28-27(29,30)36-19-14-17(13-18(15-19)25(32)33)7-5-6-12-31-26(34)35-16-24-22-10-3-1-8-20(22)21-9-2-4-11-23(21)24/h1-5,7-11,13-15,24H,6,12,16H2,(H,31,34)(H,32,33). The van der Waals surface area contributed by atoms with Gasteiger partial charge in [0.2, 0.25) is 0 Å². The zero-order valence-corrected chi connectivity index (χ0v) is 18.9. The first kappa shape index (κ1) is 24.8. The van der Waals surface area contributed by atoms with Crippen LogP contribution in [-0.2, 0) is 4.74 Å². The smallest absolute Gasteiger partial charge is 0.478 e. The number of carbonyl (C=O) groups is 2. The van der Waals surface area contributed by atoms with Gasteiger partial charge in [0, 0.05) is 12.5 Å². The second-order valence-corrected chi connectivity index (χ2v) is 8.09. The van der Waals surface area contributed by atoms with Crippen LogP contribution in [0.5, 0.6) is 5.75 Å². The predicted octanol–water partition coefficient (Wildman–Crippen LogP) is 6.23. The number of alkyl halides is 3. The van der Waals surface area contributed by atoms with Gasteiger partial charge in [-0.2, -0.15) is 0 Å². The molecule has 6 nitrogen and oxygen atoms in total. The Morgan fingerprint density at radius 3 is 2.22 bits per heavy atom. The van der Waals surface area contributed by atoms with Crippen LogP contribution in [0, 0.1) is 0 Å². The fourth-order valence-corrected chi connectivity index (χ4v) is 4.16. The van der Waals surface area contributed by atoms with Crippen LogP contribution >= 0.6 is 0 Å². The number of alkyl carbamates (subject to hydrolysis) is 1. The highest BCUT2D eigenvalue weighted by molar-refractivity contribution is 5.89. The molecule has 0 spiro atoms. The van der Waals surface area contributed by atoms with Gasteiger partial charge in [0.05, 0.1) is 5.56 Å². The van der Waals surface area contributed by atoms with Crippen LogP contribution in [-0.4, -0.2) is 36.7 Å². The minimum atomic E-state index is -4.94. The van der Waals surface area contributed by atoms with Crippen LogP contribution in [0.1, 0.15) is 39.4 Å². The number of nitrogens with one attached hydrogen (secondary N) is 1. The van der Waals surface area contributed by atoms with Crippen LogP contribution in [0.15, 0.2) is 72.8 Å². The van der Waals surface area contributed by atoms with Crippen molar-refractivity contribution in [3.63, 3.8) is 0 Å². The molecule has 0 aromatic heterocycles. The maximum atomic E-state index is 12.5. The molecule has 1 aliphatic rings. The summed E-state index contributed by atoms with van der Waals surface area (Å²) in [5, 5.41) is 11.8. The maximum Gasteiger partial charge on any atom is 0.573 e. The van der Waals surface area contributed by atoms with E-state index in [9.17, 15) is 22.8 Å². The first-order valence-corrected chi connectivity index (χ1v) is 11.1. The molecule has 0 unspecified atom stereocenters. The Hall–Kier alpha value is -4.27. The molecular formula is C27H22F3NO5. The molecule has 0 saturated heterocycles. The van der Waals surface area contributed by atoms with Crippen molar-refractivity contribution in [2.45, 2.75) is 18.7 Å². The highest BCUT2D eigenvalue weighted by Crippen LogP contribution is 2.44. The van der Waals surface area contributed by atoms with Crippen molar-refractivity contribution in [2.24, 2.45) is 0 Å². The third-order valence-electron chi connectivity index (χ3n) is 5.64. The molecule has 0 heterocycles. The number of fused-ring (bicyclic) bond motifs is 3. The summed E-state index contributed by atoms with van der Waals surface area (Å²) in [6.07, 6.45) is -2.13. The lowest BCUT2D eigenvalue weighted by atomic mass is 9.98. The average Bonchev–Trinajstić information content (AvgIpc) is 3.15. The quantitative estimate of drug-likeness (QED) is 0.361. The molecule has 0 fully saturated rings. The van der Waals surface area contributed by atoms with Gasteiger partial charge in [-0.1, -0.05) is 60.7 Å². The van der Waals surface area contributed by atoms with Crippen molar-refractivity contribution >= 4 is 18.1 Å². The van der Waals surface area contributed by atoms with Gasteiger partial charge < -0.3 is 19.9 Å². The Morgan fingerprint density at radius 2 is 1.61 bits per heavy atom. The molecule has 3 aromatic rings. The number of hydrogen-bond donors (Lipinski definition) is 2. The lowest BCUT2D eigenvalue weighted by molar-refractivity contribution is -0.274. The molecule has 2 N–H and O–H groups in total. The summed E-state index contributed by atoms with van der Waals surface area (Å²) >= 11 is 0. The van der Waals surface area contributed by atoms with E-state index in [1.807, 2.05) is 48.5 Å². The summed E-state index contributed by atoms with van der Waals surface area (Å²) in [4.78, 5) is 23.4. The molecule has 186 valence electrons. The molecular weight excluding hydrogens is 475 g/mol. The van der Waals surface area contributed by atoms with Crippen LogP contribution in [0.3, 0.4) is 0 Å². The van der Waals surface area contributed by atoms with Crippen molar-refractivity contribution < 1.29 is 37.3 Å². The second kappa shape index (κ2) is 10.6. The minimum absolute atomic E-state index is 0.0577. The molecule has 0 radical (unpaired) electrons. The van der Waals surface area contributed by atoms with Gasteiger partial charge in [-0.25, -0.2) is 9.59 Å². The number of amides is 1. The average molecular weight is 497 g/mol. The zero-order chi connectivity index (χ0) is 25.7. The number of ether oxygens (including phenoxy) is 2. The van der Waals surface area contributed by atoms with Crippen molar-refractivity contribution in [3.05, 3.63) is 95.1 Å². The fraction of sp³-hybridized carbons (Fsp3) is 0.185. The Labute approximate surface area is 205 Å². The highest BCUT2D eigenvalue weighted by Gasteiger charge is 2.31. The highest BCUT2D eigenvalue weighted by atomic mass is 19.4. The molecule has 0 atom stereocenters. The van der Waals surface area contributed by atoms with Gasteiger partial charge in [0.25, 0.3) is 0 Å². The number of rotatable bonds is 8. The van der Waals surface area contributed by atoms with E-state index in [4.69, 9.17) is 9.84 Å². The third-order valence-corrected chi connectivity index (χ3v) is 5.64. The van der Waals surface area contributed by atoms with Gasteiger partial charge in [-0.15, -0.1) is 13.2 Å². The molecule has 36 heavy (non-hydrogen) atoms. The summed E-state index contributed by atoms with van der Waals surface area (Å²) in [5.74, 6) is -2.06. The molecule has 1 aliphatic carbocycles. The summed E-state index contributed by atoms with van der Waals surface area (Å²) in [7, 11) is 0. The minimum Gasteiger partial charge on any atom is -0.478 e. The number of benzene rings is 3. The van der Waals surface area contributed by atoms with E-state index in [-0.39, 0.29) is 30.2 Å². The number of aromatic carboxylic acids is 1. The van der Waals surface area contributed by atoms with E-state index < -0.39 is 24.2 Å². The van der Waals surface area contributed by atoms with E-state index in [1.54, 1.807) is 6.08 Å². The molecule has 0 saturated carbocycles. The fourth-order valence-electron chi connectivity index (χ4n) is 4.16. The molecule has 0 bridgehead atoms. The number of carboxylic acid groups (broad SMARTS) is 1. The van der Waals surface area contributed by atoms with E-state index >= 15 is 0 Å². The SMILES string of the molecule is O=C(NCCC=Cc1cc(OC(F)(F)F)cc(C(=O)O)c1)OCC1c2ccccc2-c2ccccc21. The third kappa shape index (κ3) is 6.04. The molecule has 4 rings (SSSR count). The lowest BCUT2D eigenvalue weighted by Crippen LogP contribution is -2.26. The Kier molecular flexibility index (Phi) is 7.28. The van der Waals surface area contributed by atoms with Crippen LogP contribution in [0.25, 0.3) is 17.2 Å². The monoisotopic (exact) mass is 497 g/mol. The second-order valence-electron chi connectivity index (χ2n) is 8.09. The molecule has 3 aromatic carbocycles. The van der Waals surface area contributed by atoms with E-state index in [0.29, 0.717) is 6.42 Å².